The predicted molar refractivity (Wildman–Crippen MR) is 63.1 cm³/mol. The van der Waals surface area contributed by atoms with Gasteiger partial charge in [0.05, 0.1) is 10.7 Å². The number of pyridine rings is 1. The maximum absolute atomic E-state index is 6.22. The van der Waals surface area contributed by atoms with Crippen LogP contribution in [0.4, 0.5) is 0 Å². The van der Waals surface area contributed by atoms with Crippen LogP contribution in [0.3, 0.4) is 0 Å². The van der Waals surface area contributed by atoms with Crippen molar-refractivity contribution in [3.8, 4) is 11.3 Å². The maximum atomic E-state index is 6.22. The van der Waals surface area contributed by atoms with E-state index >= 15 is 0 Å². The number of halogens is 1. The second kappa shape index (κ2) is 4.07. The molecular weight excluding hydrogens is 208 g/mol. The number of aryl methyl sites for hydroxylation is 1. The summed E-state index contributed by atoms with van der Waals surface area (Å²) >= 11 is 6.22. The van der Waals surface area contributed by atoms with Gasteiger partial charge in [0.25, 0.3) is 0 Å². The third-order valence-electron chi connectivity index (χ3n) is 2.53. The maximum Gasteiger partial charge on any atom is 0.0672 e. The lowest BCUT2D eigenvalue weighted by Gasteiger charge is -2.08. The molecule has 15 heavy (non-hydrogen) atoms. The van der Waals surface area contributed by atoms with Gasteiger partial charge in [-0.3, -0.25) is 4.98 Å². The van der Waals surface area contributed by atoms with Gasteiger partial charge in [0.15, 0.2) is 0 Å². The van der Waals surface area contributed by atoms with Crippen molar-refractivity contribution >= 4 is 11.6 Å². The molecule has 0 unspecified atom stereocenters. The topological polar surface area (TPSA) is 17.8 Å². The zero-order valence-electron chi connectivity index (χ0n) is 8.87. The smallest absolute Gasteiger partial charge is 0.0672 e. The average Bonchev–Trinajstić information content (AvgIpc) is 2.54. The van der Waals surface area contributed by atoms with Crippen molar-refractivity contribution in [1.29, 1.82) is 0 Å². The molecule has 2 aromatic rings. The Morgan fingerprint density at radius 2 is 2.00 bits per heavy atom. The van der Waals surface area contributed by atoms with Gasteiger partial charge < -0.3 is 4.57 Å². The molecule has 0 fully saturated rings. The molecule has 0 radical (unpaired) electrons. The second-order valence-electron chi connectivity index (χ2n) is 3.46. The molecule has 0 bridgehead atoms. The Bertz CT molecular complexity index is 460. The fourth-order valence-corrected chi connectivity index (χ4v) is 2.22. The van der Waals surface area contributed by atoms with Crippen LogP contribution in [0.15, 0.2) is 30.6 Å². The molecule has 0 spiro atoms. The molecule has 3 heteroatoms. The summed E-state index contributed by atoms with van der Waals surface area (Å²) in [7, 11) is 0. The van der Waals surface area contributed by atoms with Crippen LogP contribution >= 0.6 is 11.6 Å². The van der Waals surface area contributed by atoms with E-state index in [1.807, 2.05) is 18.2 Å². The van der Waals surface area contributed by atoms with Gasteiger partial charge in [-0.15, -0.1) is 0 Å². The van der Waals surface area contributed by atoms with E-state index in [9.17, 15) is 0 Å². The average molecular weight is 221 g/mol. The van der Waals surface area contributed by atoms with Gasteiger partial charge in [0.2, 0.25) is 0 Å². The zero-order valence-corrected chi connectivity index (χ0v) is 9.62. The Morgan fingerprint density at radius 1 is 1.33 bits per heavy atom. The first-order chi connectivity index (χ1) is 7.24. The van der Waals surface area contributed by atoms with E-state index < -0.39 is 0 Å². The minimum Gasteiger partial charge on any atom is -0.344 e. The van der Waals surface area contributed by atoms with Crippen LogP contribution in [-0.2, 0) is 6.54 Å². The summed E-state index contributed by atoms with van der Waals surface area (Å²) in [5, 5.41) is 0.806. The van der Waals surface area contributed by atoms with Crippen LogP contribution < -0.4 is 0 Å². The minimum absolute atomic E-state index is 0.806. The van der Waals surface area contributed by atoms with Crippen molar-refractivity contribution < 1.29 is 0 Å². The molecule has 2 rings (SSSR count). The molecule has 0 amide bonds. The van der Waals surface area contributed by atoms with E-state index in [1.165, 1.54) is 5.69 Å². The zero-order chi connectivity index (χ0) is 10.8. The van der Waals surface area contributed by atoms with E-state index in [1.54, 1.807) is 12.4 Å². The van der Waals surface area contributed by atoms with E-state index in [0.717, 1.165) is 22.8 Å². The highest BCUT2D eigenvalue weighted by Crippen LogP contribution is 2.30. The molecule has 2 aromatic heterocycles. The van der Waals surface area contributed by atoms with Crippen LogP contribution in [0.2, 0.25) is 5.02 Å². The van der Waals surface area contributed by atoms with Gasteiger partial charge in [-0.05, 0) is 32.0 Å². The van der Waals surface area contributed by atoms with Crippen molar-refractivity contribution in [3.05, 3.63) is 41.3 Å². The molecule has 0 saturated carbocycles. The number of hydrogen-bond acceptors (Lipinski definition) is 1. The van der Waals surface area contributed by atoms with Crippen LogP contribution in [0, 0.1) is 6.92 Å². The van der Waals surface area contributed by atoms with E-state index in [2.05, 4.69) is 23.4 Å². The monoisotopic (exact) mass is 220 g/mol. The quantitative estimate of drug-likeness (QED) is 0.757. The fraction of sp³-hybridized carbons (Fsp3) is 0.250. The SMILES string of the molecule is CCn1c(C)cc(Cl)c1-c1ccncc1. The van der Waals surface area contributed by atoms with E-state index in [-0.39, 0.29) is 0 Å². The van der Waals surface area contributed by atoms with Gasteiger partial charge >= 0.3 is 0 Å². The van der Waals surface area contributed by atoms with Crippen molar-refractivity contribution in [2.24, 2.45) is 0 Å². The molecule has 0 aromatic carbocycles. The van der Waals surface area contributed by atoms with Crippen molar-refractivity contribution in [2.45, 2.75) is 20.4 Å². The summed E-state index contributed by atoms with van der Waals surface area (Å²) in [4.78, 5) is 4.01. The highest BCUT2D eigenvalue weighted by Gasteiger charge is 2.11. The molecule has 0 N–H and O–H groups in total. The number of aromatic nitrogens is 2. The Morgan fingerprint density at radius 3 is 2.60 bits per heavy atom. The molecule has 2 nitrogen and oxygen atoms in total. The molecule has 0 aliphatic heterocycles. The first kappa shape index (κ1) is 10.2. The molecule has 0 atom stereocenters. The van der Waals surface area contributed by atoms with Crippen LogP contribution in [0.1, 0.15) is 12.6 Å². The Hall–Kier alpha value is -1.28. The summed E-state index contributed by atoms with van der Waals surface area (Å²) in [6, 6.07) is 5.96. The van der Waals surface area contributed by atoms with Crippen molar-refractivity contribution in [3.63, 3.8) is 0 Å². The van der Waals surface area contributed by atoms with Crippen LogP contribution in [-0.4, -0.2) is 9.55 Å². The first-order valence-electron chi connectivity index (χ1n) is 5.00. The molecule has 0 aliphatic rings. The molecule has 78 valence electrons. The third-order valence-corrected chi connectivity index (χ3v) is 2.82. The lowest BCUT2D eigenvalue weighted by molar-refractivity contribution is 0.750. The predicted octanol–water partition coefficient (Wildman–Crippen LogP) is 3.53. The standard InChI is InChI=1S/C12H13ClN2/c1-3-15-9(2)8-11(13)12(15)10-4-6-14-7-5-10/h4-8H,3H2,1-2H3. The Labute approximate surface area is 94.5 Å². The number of nitrogens with zero attached hydrogens (tertiary/aromatic N) is 2. The van der Waals surface area contributed by atoms with Gasteiger partial charge in [-0.2, -0.15) is 0 Å². The molecule has 2 heterocycles. The van der Waals surface area contributed by atoms with Crippen molar-refractivity contribution in [1.82, 2.24) is 9.55 Å². The van der Waals surface area contributed by atoms with Gasteiger partial charge in [-0.25, -0.2) is 0 Å². The summed E-state index contributed by atoms with van der Waals surface area (Å²) in [6.45, 7) is 5.12. The minimum atomic E-state index is 0.806. The van der Waals surface area contributed by atoms with Gasteiger partial charge in [0.1, 0.15) is 0 Å². The highest BCUT2D eigenvalue weighted by molar-refractivity contribution is 6.33. The number of rotatable bonds is 2. The Kier molecular flexibility index (Phi) is 2.78. The van der Waals surface area contributed by atoms with E-state index in [4.69, 9.17) is 11.6 Å². The van der Waals surface area contributed by atoms with Gasteiger partial charge in [-0.1, -0.05) is 11.6 Å². The summed E-state index contributed by atoms with van der Waals surface area (Å²) in [5.74, 6) is 0. The molecule has 0 aliphatic carbocycles. The van der Waals surface area contributed by atoms with Crippen molar-refractivity contribution in [2.75, 3.05) is 0 Å². The third kappa shape index (κ3) is 1.77. The first-order valence-corrected chi connectivity index (χ1v) is 5.38. The van der Waals surface area contributed by atoms with Gasteiger partial charge in [0, 0.05) is 30.2 Å². The largest absolute Gasteiger partial charge is 0.344 e. The molecular formula is C12H13ClN2. The second-order valence-corrected chi connectivity index (χ2v) is 3.87. The summed E-state index contributed by atoms with van der Waals surface area (Å²) < 4.78 is 2.21. The van der Waals surface area contributed by atoms with E-state index in [0.29, 0.717) is 0 Å². The summed E-state index contributed by atoms with van der Waals surface area (Å²) in [6.07, 6.45) is 3.57. The highest BCUT2D eigenvalue weighted by atomic mass is 35.5. The summed E-state index contributed by atoms with van der Waals surface area (Å²) in [5.41, 5.74) is 3.39. The lowest BCUT2D eigenvalue weighted by atomic mass is 10.2. The fourth-order valence-electron chi connectivity index (χ4n) is 1.85. The van der Waals surface area contributed by atoms with Crippen LogP contribution in [0.25, 0.3) is 11.3 Å². The number of hydrogen-bond donors (Lipinski definition) is 0. The normalized spacial score (nSPS) is 10.6. The molecule has 0 saturated heterocycles. The Balaban J connectivity index is 2.62. The van der Waals surface area contributed by atoms with Crippen LogP contribution in [0.5, 0.6) is 0 Å². The lowest BCUT2D eigenvalue weighted by Crippen LogP contribution is -1.98.